The molecule has 1 aromatic rings. The molecule has 0 heterocycles. The quantitative estimate of drug-likeness (QED) is 0.862. The van der Waals surface area contributed by atoms with Crippen LogP contribution >= 0.6 is 0 Å². The molecule has 23 heavy (non-hydrogen) atoms. The van der Waals surface area contributed by atoms with Crippen molar-refractivity contribution in [2.45, 2.75) is 44.9 Å². The summed E-state index contributed by atoms with van der Waals surface area (Å²) in [5.74, 6) is -0.515. The molecular weight excluding hydrogens is 319 g/mol. The molecule has 0 saturated carbocycles. The first kappa shape index (κ1) is 19.4. The van der Waals surface area contributed by atoms with E-state index < -0.39 is 26.2 Å². The Kier molecular flexibility index (Phi) is 5.79. The van der Waals surface area contributed by atoms with E-state index in [1.807, 2.05) is 0 Å². The van der Waals surface area contributed by atoms with Crippen LogP contribution in [0, 0.1) is 5.82 Å². The first-order chi connectivity index (χ1) is 10.3. The number of amides is 2. The summed E-state index contributed by atoms with van der Waals surface area (Å²) in [5.41, 5.74) is -0.162. The van der Waals surface area contributed by atoms with Crippen molar-refractivity contribution >= 4 is 15.9 Å². The van der Waals surface area contributed by atoms with E-state index in [9.17, 15) is 17.6 Å². The van der Waals surface area contributed by atoms with Crippen molar-refractivity contribution in [3.8, 4) is 0 Å². The van der Waals surface area contributed by atoms with Crippen LogP contribution in [-0.4, -0.2) is 31.5 Å². The predicted molar refractivity (Wildman–Crippen MR) is 89.5 cm³/mol. The number of hydrogen-bond donors (Lipinski definition) is 2. The minimum atomic E-state index is -3.29. The predicted octanol–water partition coefficient (Wildman–Crippen LogP) is 2.57. The van der Waals surface area contributed by atoms with Gasteiger partial charge >= 0.3 is 6.03 Å². The fraction of sp³-hybridized carbons (Fsp3) is 0.562. The molecule has 0 fully saturated rings. The van der Waals surface area contributed by atoms with Crippen LogP contribution in [-0.2, 0) is 15.4 Å². The van der Waals surface area contributed by atoms with Gasteiger partial charge in [-0.3, -0.25) is 0 Å². The second-order valence-corrected chi connectivity index (χ2v) is 9.81. The lowest BCUT2D eigenvalue weighted by molar-refractivity contribution is 0.230. The molecule has 2 N–H and O–H groups in total. The molecule has 0 aliphatic heterocycles. The molecular formula is C16H25FN2O3S. The standard InChI is InChI=1S/C16H25FN2O3S/c1-15(2,3)23(21,22)10-9-18-14(20)19-16(4,5)12-7-6-8-13(17)11-12/h6-8,11H,9-10H2,1-5H3,(H2,18,19,20). The number of benzene rings is 1. The number of rotatable bonds is 5. The molecule has 130 valence electrons. The summed E-state index contributed by atoms with van der Waals surface area (Å²) in [6.45, 7) is 8.37. The van der Waals surface area contributed by atoms with Crippen LogP contribution in [0.4, 0.5) is 9.18 Å². The summed E-state index contributed by atoms with van der Waals surface area (Å²) in [7, 11) is -3.29. The van der Waals surface area contributed by atoms with Gasteiger partial charge in [-0.25, -0.2) is 17.6 Å². The molecule has 5 nitrogen and oxygen atoms in total. The molecule has 0 aromatic heterocycles. The summed E-state index contributed by atoms with van der Waals surface area (Å²) >= 11 is 0. The number of carbonyl (C=O) groups is 1. The molecule has 0 unspecified atom stereocenters. The van der Waals surface area contributed by atoms with E-state index in [1.165, 1.54) is 12.1 Å². The maximum Gasteiger partial charge on any atom is 0.315 e. The van der Waals surface area contributed by atoms with Gasteiger partial charge in [0.25, 0.3) is 0 Å². The van der Waals surface area contributed by atoms with Gasteiger partial charge in [0.05, 0.1) is 16.0 Å². The second-order valence-electron chi connectivity index (χ2n) is 6.95. The van der Waals surface area contributed by atoms with Crippen molar-refractivity contribution in [1.82, 2.24) is 10.6 Å². The van der Waals surface area contributed by atoms with E-state index in [2.05, 4.69) is 10.6 Å². The topological polar surface area (TPSA) is 75.3 Å². The van der Waals surface area contributed by atoms with Crippen LogP contribution in [0.15, 0.2) is 24.3 Å². The maximum atomic E-state index is 13.3. The van der Waals surface area contributed by atoms with Crippen molar-refractivity contribution in [1.29, 1.82) is 0 Å². The Morgan fingerprint density at radius 3 is 2.30 bits per heavy atom. The Balaban J connectivity index is 2.60. The minimum absolute atomic E-state index is 0.0185. The van der Waals surface area contributed by atoms with Gasteiger partial charge in [0.1, 0.15) is 5.82 Å². The molecule has 0 bridgehead atoms. The normalized spacial score (nSPS) is 12.8. The summed E-state index contributed by atoms with van der Waals surface area (Å²) < 4.78 is 36.4. The van der Waals surface area contributed by atoms with E-state index >= 15 is 0 Å². The monoisotopic (exact) mass is 344 g/mol. The average Bonchev–Trinajstić information content (AvgIpc) is 2.36. The lowest BCUT2D eigenvalue weighted by Crippen LogP contribution is -2.48. The second kappa shape index (κ2) is 6.86. The third kappa shape index (κ3) is 5.49. The Hall–Kier alpha value is -1.63. The van der Waals surface area contributed by atoms with Crippen molar-refractivity contribution in [3.63, 3.8) is 0 Å². The zero-order chi connectivity index (χ0) is 17.9. The van der Waals surface area contributed by atoms with Crippen LogP contribution in [0.2, 0.25) is 0 Å². The highest BCUT2D eigenvalue weighted by Crippen LogP contribution is 2.20. The van der Waals surface area contributed by atoms with Gasteiger partial charge in [-0.15, -0.1) is 0 Å². The van der Waals surface area contributed by atoms with E-state index in [0.717, 1.165) is 0 Å². The van der Waals surface area contributed by atoms with Gasteiger partial charge in [0.15, 0.2) is 9.84 Å². The number of halogens is 1. The zero-order valence-corrected chi connectivity index (χ0v) is 15.1. The summed E-state index contributed by atoms with van der Waals surface area (Å²) in [4.78, 5) is 11.9. The summed E-state index contributed by atoms with van der Waals surface area (Å²) in [6, 6.07) is 5.47. The van der Waals surface area contributed by atoms with Crippen molar-refractivity contribution < 1.29 is 17.6 Å². The maximum absolute atomic E-state index is 13.3. The smallest absolute Gasteiger partial charge is 0.315 e. The molecule has 1 rings (SSSR count). The number of nitrogens with one attached hydrogen (secondary N) is 2. The molecule has 0 aliphatic carbocycles. The molecule has 0 spiro atoms. The number of hydrogen-bond acceptors (Lipinski definition) is 3. The van der Waals surface area contributed by atoms with Gasteiger partial charge in [0, 0.05) is 6.54 Å². The van der Waals surface area contributed by atoms with Gasteiger partial charge in [-0.1, -0.05) is 12.1 Å². The van der Waals surface area contributed by atoms with E-state index in [-0.39, 0.29) is 18.1 Å². The van der Waals surface area contributed by atoms with Crippen molar-refractivity contribution in [2.75, 3.05) is 12.3 Å². The zero-order valence-electron chi connectivity index (χ0n) is 14.2. The van der Waals surface area contributed by atoms with Crippen molar-refractivity contribution in [2.24, 2.45) is 0 Å². The summed E-state index contributed by atoms with van der Waals surface area (Å²) in [5, 5.41) is 5.24. The van der Waals surface area contributed by atoms with Crippen LogP contribution in [0.25, 0.3) is 0 Å². The minimum Gasteiger partial charge on any atom is -0.337 e. The summed E-state index contributed by atoms with van der Waals surface area (Å²) in [6.07, 6.45) is 0. The Morgan fingerprint density at radius 1 is 1.17 bits per heavy atom. The van der Waals surface area contributed by atoms with Gasteiger partial charge in [0.2, 0.25) is 0 Å². The van der Waals surface area contributed by atoms with Crippen LogP contribution in [0.1, 0.15) is 40.2 Å². The highest BCUT2D eigenvalue weighted by Gasteiger charge is 2.29. The van der Waals surface area contributed by atoms with Crippen molar-refractivity contribution in [3.05, 3.63) is 35.6 Å². The largest absolute Gasteiger partial charge is 0.337 e. The lowest BCUT2D eigenvalue weighted by atomic mass is 9.94. The first-order valence-electron chi connectivity index (χ1n) is 7.39. The highest BCUT2D eigenvalue weighted by molar-refractivity contribution is 7.92. The molecule has 7 heteroatoms. The Morgan fingerprint density at radius 2 is 1.78 bits per heavy atom. The molecule has 2 amide bonds. The lowest BCUT2D eigenvalue weighted by Gasteiger charge is -2.27. The van der Waals surface area contributed by atoms with Crippen LogP contribution in [0.5, 0.6) is 0 Å². The van der Waals surface area contributed by atoms with Gasteiger partial charge < -0.3 is 10.6 Å². The SMILES string of the molecule is CC(C)(NC(=O)NCCS(=O)(=O)C(C)(C)C)c1cccc(F)c1. The fourth-order valence-electron chi connectivity index (χ4n) is 1.88. The number of sulfone groups is 1. The van der Waals surface area contributed by atoms with Crippen LogP contribution < -0.4 is 10.6 Å². The van der Waals surface area contributed by atoms with E-state index in [0.29, 0.717) is 5.56 Å². The van der Waals surface area contributed by atoms with Gasteiger partial charge in [-0.05, 0) is 52.3 Å². The van der Waals surface area contributed by atoms with E-state index in [4.69, 9.17) is 0 Å². The van der Waals surface area contributed by atoms with Crippen LogP contribution in [0.3, 0.4) is 0 Å². The van der Waals surface area contributed by atoms with Gasteiger partial charge in [-0.2, -0.15) is 0 Å². The average molecular weight is 344 g/mol. The number of urea groups is 1. The molecule has 1 aromatic carbocycles. The number of carbonyl (C=O) groups excluding carboxylic acids is 1. The third-order valence-corrected chi connectivity index (χ3v) is 6.17. The Labute approximate surface area is 137 Å². The Bertz CT molecular complexity index is 664. The fourth-order valence-corrected chi connectivity index (χ4v) is 2.87. The molecule has 0 saturated heterocycles. The molecule has 0 atom stereocenters. The first-order valence-corrected chi connectivity index (χ1v) is 9.05. The third-order valence-electron chi connectivity index (χ3n) is 3.56. The highest BCUT2D eigenvalue weighted by atomic mass is 32.2. The molecule has 0 aliphatic rings. The van der Waals surface area contributed by atoms with E-state index in [1.54, 1.807) is 46.8 Å². The molecule has 0 radical (unpaired) electrons.